The van der Waals surface area contributed by atoms with Crippen molar-refractivity contribution < 1.29 is 9.53 Å². The molecule has 0 aromatic carbocycles. The smallest absolute Gasteiger partial charge is 0.410 e. The fourth-order valence-corrected chi connectivity index (χ4v) is 2.66. The molecular weight excluding hydrogens is 292 g/mol. The summed E-state index contributed by atoms with van der Waals surface area (Å²) < 4.78 is 5.48. The number of ether oxygens (including phenoxy) is 1. The Bertz CT molecular complexity index is 524. The maximum Gasteiger partial charge on any atom is 0.410 e. The van der Waals surface area contributed by atoms with E-state index in [9.17, 15) is 4.79 Å². The first-order valence-corrected chi connectivity index (χ1v) is 8.13. The molecule has 2 heterocycles. The van der Waals surface area contributed by atoms with E-state index in [-0.39, 0.29) is 12.1 Å². The predicted molar refractivity (Wildman–Crippen MR) is 91.5 cm³/mol. The van der Waals surface area contributed by atoms with Crippen molar-refractivity contribution in [3.8, 4) is 0 Å². The van der Waals surface area contributed by atoms with Crippen LogP contribution in [0.5, 0.6) is 0 Å². The lowest BCUT2D eigenvalue weighted by atomic mass is 10.2. The van der Waals surface area contributed by atoms with Crippen LogP contribution in [0.1, 0.15) is 33.4 Å². The van der Waals surface area contributed by atoms with Gasteiger partial charge in [-0.05, 0) is 39.8 Å². The number of amides is 1. The van der Waals surface area contributed by atoms with Crippen LogP contribution in [-0.2, 0) is 11.3 Å². The number of hydrogen-bond acceptors (Lipinski definition) is 5. The monoisotopic (exact) mass is 320 g/mol. The van der Waals surface area contributed by atoms with Gasteiger partial charge in [0.2, 0.25) is 0 Å². The summed E-state index contributed by atoms with van der Waals surface area (Å²) >= 11 is 0. The minimum absolute atomic E-state index is 0.134. The van der Waals surface area contributed by atoms with Crippen LogP contribution in [-0.4, -0.2) is 59.2 Å². The second-order valence-corrected chi connectivity index (χ2v) is 7.05. The van der Waals surface area contributed by atoms with Gasteiger partial charge in [0.25, 0.3) is 0 Å². The Morgan fingerprint density at radius 2 is 2.13 bits per heavy atom. The maximum absolute atomic E-state index is 12.2. The lowest BCUT2D eigenvalue weighted by Crippen LogP contribution is -2.54. The first-order chi connectivity index (χ1) is 10.8. The van der Waals surface area contributed by atoms with Gasteiger partial charge in [0, 0.05) is 39.3 Å². The first-order valence-electron chi connectivity index (χ1n) is 8.13. The van der Waals surface area contributed by atoms with Gasteiger partial charge in [0.15, 0.2) is 0 Å². The van der Waals surface area contributed by atoms with E-state index < -0.39 is 5.60 Å². The highest BCUT2D eigenvalue weighted by molar-refractivity contribution is 5.68. The Morgan fingerprint density at radius 1 is 1.39 bits per heavy atom. The van der Waals surface area contributed by atoms with Crippen molar-refractivity contribution in [1.82, 2.24) is 14.8 Å². The largest absolute Gasteiger partial charge is 0.444 e. The van der Waals surface area contributed by atoms with E-state index in [0.29, 0.717) is 6.54 Å². The van der Waals surface area contributed by atoms with E-state index >= 15 is 0 Å². The molecule has 23 heavy (non-hydrogen) atoms. The van der Waals surface area contributed by atoms with Crippen LogP contribution < -0.4 is 5.32 Å². The zero-order valence-electron chi connectivity index (χ0n) is 14.8. The Kier molecular flexibility index (Phi) is 5.46. The minimum atomic E-state index is -0.451. The van der Waals surface area contributed by atoms with Crippen molar-refractivity contribution in [2.45, 2.75) is 45.9 Å². The number of nitrogens with zero attached hydrogens (tertiary/aromatic N) is 3. The normalized spacial score (nSPS) is 19.5. The summed E-state index contributed by atoms with van der Waals surface area (Å²) in [6.07, 6.45) is 1.62. The number of hydrogen-bond donors (Lipinski definition) is 1. The van der Waals surface area contributed by atoms with Crippen molar-refractivity contribution in [2.24, 2.45) is 0 Å². The van der Waals surface area contributed by atoms with E-state index in [0.717, 1.165) is 31.0 Å². The molecule has 1 aliphatic rings. The number of carbonyl (C=O) groups is 1. The molecule has 1 saturated heterocycles. The van der Waals surface area contributed by atoms with E-state index in [1.165, 1.54) is 0 Å². The van der Waals surface area contributed by atoms with Crippen LogP contribution >= 0.6 is 0 Å². The predicted octanol–water partition coefficient (Wildman–Crippen LogP) is 2.56. The van der Waals surface area contributed by atoms with Gasteiger partial charge < -0.3 is 15.0 Å². The number of pyridine rings is 1. The highest BCUT2D eigenvalue weighted by atomic mass is 16.6. The third-order valence-corrected chi connectivity index (χ3v) is 3.84. The molecular formula is C17H28N4O2. The Morgan fingerprint density at radius 3 is 2.65 bits per heavy atom. The summed E-state index contributed by atoms with van der Waals surface area (Å²) in [7, 11) is 1.88. The van der Waals surface area contributed by atoms with Crippen LogP contribution in [0, 0.1) is 0 Å². The first kappa shape index (κ1) is 17.5. The fourth-order valence-electron chi connectivity index (χ4n) is 2.66. The van der Waals surface area contributed by atoms with E-state index in [1.54, 1.807) is 0 Å². The minimum Gasteiger partial charge on any atom is -0.444 e. The van der Waals surface area contributed by atoms with Gasteiger partial charge in [-0.2, -0.15) is 0 Å². The van der Waals surface area contributed by atoms with E-state index in [4.69, 9.17) is 4.74 Å². The molecule has 1 atom stereocenters. The molecule has 0 saturated carbocycles. The zero-order valence-corrected chi connectivity index (χ0v) is 14.8. The Labute approximate surface area is 138 Å². The lowest BCUT2D eigenvalue weighted by Gasteiger charge is -2.40. The summed E-state index contributed by atoms with van der Waals surface area (Å²) in [6, 6.07) is 4.20. The second kappa shape index (κ2) is 7.17. The molecule has 0 spiro atoms. The van der Waals surface area contributed by atoms with Crippen molar-refractivity contribution >= 4 is 11.8 Å². The molecule has 0 unspecified atom stereocenters. The molecule has 1 aromatic rings. The maximum atomic E-state index is 12.2. The number of nitrogens with one attached hydrogen (secondary N) is 1. The third-order valence-electron chi connectivity index (χ3n) is 3.84. The van der Waals surface area contributed by atoms with E-state index in [1.807, 2.05) is 51.0 Å². The van der Waals surface area contributed by atoms with Crippen molar-refractivity contribution in [1.29, 1.82) is 0 Å². The molecule has 1 fully saturated rings. The lowest BCUT2D eigenvalue weighted by molar-refractivity contribution is 0.000439. The van der Waals surface area contributed by atoms with Gasteiger partial charge in [0.1, 0.15) is 5.60 Å². The van der Waals surface area contributed by atoms with Crippen LogP contribution in [0.25, 0.3) is 0 Å². The quantitative estimate of drug-likeness (QED) is 0.927. The molecule has 0 aliphatic carbocycles. The summed E-state index contributed by atoms with van der Waals surface area (Å²) in [4.78, 5) is 20.8. The molecule has 0 bridgehead atoms. The number of piperazine rings is 1. The molecule has 6 heteroatoms. The van der Waals surface area contributed by atoms with Crippen LogP contribution in [0.2, 0.25) is 0 Å². The molecule has 1 N–H and O–H groups in total. The fraction of sp³-hybridized carbons (Fsp3) is 0.647. The number of anilines is 1. The highest BCUT2D eigenvalue weighted by Crippen LogP contribution is 2.17. The van der Waals surface area contributed by atoms with Crippen molar-refractivity contribution in [3.63, 3.8) is 0 Å². The number of carbonyl (C=O) groups excluding carboxylic acids is 1. The Balaban J connectivity index is 1.89. The van der Waals surface area contributed by atoms with Crippen LogP contribution in [0.3, 0.4) is 0 Å². The average Bonchev–Trinajstić information content (AvgIpc) is 2.46. The second-order valence-electron chi connectivity index (χ2n) is 7.05. The average molecular weight is 320 g/mol. The summed E-state index contributed by atoms with van der Waals surface area (Å²) in [6.45, 7) is 10.9. The van der Waals surface area contributed by atoms with Gasteiger partial charge in [-0.25, -0.2) is 4.79 Å². The van der Waals surface area contributed by atoms with Crippen molar-refractivity contribution in [3.05, 3.63) is 24.0 Å². The summed E-state index contributed by atoms with van der Waals surface area (Å²) in [5.41, 5.74) is 1.60. The molecule has 128 valence electrons. The van der Waals surface area contributed by atoms with Crippen molar-refractivity contribution in [2.75, 3.05) is 32.0 Å². The zero-order chi connectivity index (χ0) is 17.0. The molecule has 0 radical (unpaired) electrons. The van der Waals surface area contributed by atoms with Crippen LogP contribution in [0.15, 0.2) is 18.3 Å². The molecule has 2 rings (SSSR count). The topological polar surface area (TPSA) is 57.7 Å². The molecule has 1 aliphatic heterocycles. The molecule has 1 amide bonds. The van der Waals surface area contributed by atoms with Crippen LogP contribution in [0.4, 0.5) is 10.5 Å². The Hall–Kier alpha value is -1.82. The number of rotatable bonds is 3. The number of aromatic nitrogens is 1. The van der Waals surface area contributed by atoms with Gasteiger partial charge in [-0.1, -0.05) is 0 Å². The third kappa shape index (κ3) is 5.10. The summed E-state index contributed by atoms with van der Waals surface area (Å²) in [5.74, 6) is 0. The van der Waals surface area contributed by atoms with Gasteiger partial charge >= 0.3 is 6.09 Å². The molecule has 1 aromatic heterocycles. The highest BCUT2D eigenvalue weighted by Gasteiger charge is 2.30. The summed E-state index contributed by atoms with van der Waals surface area (Å²) in [5, 5.41) is 3.07. The SMILES string of the molecule is CNc1ccc(CN2CCN(C(=O)OC(C)(C)C)[C@@H](C)C2)nc1. The van der Waals surface area contributed by atoms with E-state index in [2.05, 4.69) is 22.1 Å². The van der Waals surface area contributed by atoms with Gasteiger partial charge in [0.05, 0.1) is 17.6 Å². The van der Waals surface area contributed by atoms with Gasteiger partial charge in [-0.15, -0.1) is 0 Å². The standard InChI is InChI=1S/C17H28N4O2/c1-13-11-20(12-15-7-6-14(18-5)10-19-15)8-9-21(13)16(22)23-17(2,3)4/h6-7,10,13,18H,8-9,11-12H2,1-5H3/t13-/m0/s1. The van der Waals surface area contributed by atoms with Gasteiger partial charge in [-0.3, -0.25) is 9.88 Å². The molecule has 6 nitrogen and oxygen atoms in total.